The highest BCUT2D eigenvalue weighted by molar-refractivity contribution is 7.98. The van der Waals surface area contributed by atoms with Crippen molar-refractivity contribution in [2.75, 3.05) is 13.1 Å². The number of aliphatic carboxylic acids is 1. The number of amides is 1. The molecule has 1 aliphatic heterocycles. The van der Waals surface area contributed by atoms with Crippen LogP contribution in [0.5, 0.6) is 0 Å². The molecule has 2 aromatic rings. The average molecular weight is 388 g/mol. The van der Waals surface area contributed by atoms with Gasteiger partial charge >= 0.3 is 5.97 Å². The summed E-state index contributed by atoms with van der Waals surface area (Å²) in [6.07, 6.45) is 1.29. The van der Waals surface area contributed by atoms with Crippen molar-refractivity contribution in [3.05, 3.63) is 46.8 Å². The number of aryl methyl sites for hydroxylation is 2. The van der Waals surface area contributed by atoms with Gasteiger partial charge in [-0.1, -0.05) is 17.3 Å². The summed E-state index contributed by atoms with van der Waals surface area (Å²) in [6, 6.07) is 7.48. The number of hydrogen-bond acceptors (Lipinski definition) is 5. The Bertz CT molecular complexity index is 844. The molecule has 1 unspecified atom stereocenters. The van der Waals surface area contributed by atoms with E-state index >= 15 is 0 Å². The standard InChI is InChI=1S/C20H24N2O4S/c1-13-16(14(2)26-21-13)11-27-17-8-5-4-7-15(17)18(23)22-10-6-9-20(3,12-22)19(24)25/h4-5,7-8H,6,9-12H2,1-3H3,(H,24,25). The Balaban J connectivity index is 1.79. The number of rotatable bonds is 5. The lowest BCUT2D eigenvalue weighted by Crippen LogP contribution is -2.48. The molecule has 0 saturated carbocycles. The molecule has 7 heteroatoms. The maximum atomic E-state index is 13.1. The Kier molecular flexibility index (Phi) is 5.60. The second-order valence-electron chi connectivity index (χ2n) is 7.28. The van der Waals surface area contributed by atoms with Crippen LogP contribution in [0, 0.1) is 19.3 Å². The van der Waals surface area contributed by atoms with E-state index in [2.05, 4.69) is 5.16 Å². The van der Waals surface area contributed by atoms with Gasteiger partial charge in [0.05, 0.1) is 16.7 Å². The quantitative estimate of drug-likeness (QED) is 0.782. The van der Waals surface area contributed by atoms with Crippen molar-refractivity contribution < 1.29 is 19.2 Å². The molecule has 1 atom stereocenters. The molecular formula is C20H24N2O4S. The number of carbonyl (C=O) groups excluding carboxylic acids is 1. The topological polar surface area (TPSA) is 83.6 Å². The third-order valence-corrected chi connectivity index (χ3v) is 6.27. The molecule has 3 rings (SSSR count). The van der Waals surface area contributed by atoms with Crippen molar-refractivity contribution in [1.82, 2.24) is 10.1 Å². The SMILES string of the molecule is Cc1noc(C)c1CSc1ccccc1C(=O)N1CCCC(C)(C(=O)O)C1. The van der Waals surface area contributed by atoms with Crippen LogP contribution in [0.15, 0.2) is 33.7 Å². The molecule has 1 aromatic carbocycles. The third kappa shape index (κ3) is 4.03. The first kappa shape index (κ1) is 19.5. The van der Waals surface area contributed by atoms with E-state index in [4.69, 9.17) is 4.52 Å². The minimum Gasteiger partial charge on any atom is -0.481 e. The van der Waals surface area contributed by atoms with Crippen LogP contribution < -0.4 is 0 Å². The Morgan fingerprint density at radius 3 is 2.74 bits per heavy atom. The number of piperidine rings is 1. The van der Waals surface area contributed by atoms with Crippen molar-refractivity contribution in [2.24, 2.45) is 5.41 Å². The van der Waals surface area contributed by atoms with Gasteiger partial charge in [-0.2, -0.15) is 0 Å². The number of benzene rings is 1. The molecule has 1 amide bonds. The number of likely N-dealkylation sites (tertiary alicyclic amines) is 1. The minimum atomic E-state index is -0.882. The maximum Gasteiger partial charge on any atom is 0.311 e. The average Bonchev–Trinajstić information content (AvgIpc) is 2.97. The highest BCUT2D eigenvalue weighted by Gasteiger charge is 2.39. The van der Waals surface area contributed by atoms with Gasteiger partial charge in [0.25, 0.3) is 5.91 Å². The number of nitrogens with zero attached hydrogens (tertiary/aromatic N) is 2. The molecule has 2 heterocycles. The maximum absolute atomic E-state index is 13.1. The highest BCUT2D eigenvalue weighted by Crippen LogP contribution is 2.33. The highest BCUT2D eigenvalue weighted by atomic mass is 32.2. The number of carboxylic acid groups (broad SMARTS) is 1. The van der Waals surface area contributed by atoms with Crippen molar-refractivity contribution in [1.29, 1.82) is 0 Å². The van der Waals surface area contributed by atoms with Gasteiger partial charge in [0, 0.05) is 29.3 Å². The van der Waals surface area contributed by atoms with Crippen LogP contribution >= 0.6 is 11.8 Å². The van der Waals surface area contributed by atoms with Crippen molar-refractivity contribution in [3.8, 4) is 0 Å². The first-order chi connectivity index (χ1) is 12.8. The smallest absolute Gasteiger partial charge is 0.311 e. The molecule has 1 N–H and O–H groups in total. The Morgan fingerprint density at radius 2 is 2.07 bits per heavy atom. The summed E-state index contributed by atoms with van der Waals surface area (Å²) in [5.41, 5.74) is 1.63. The van der Waals surface area contributed by atoms with Crippen molar-refractivity contribution in [3.63, 3.8) is 0 Å². The molecule has 0 radical (unpaired) electrons. The minimum absolute atomic E-state index is 0.107. The lowest BCUT2D eigenvalue weighted by molar-refractivity contribution is -0.150. The van der Waals surface area contributed by atoms with E-state index in [1.807, 2.05) is 38.1 Å². The normalized spacial score (nSPS) is 19.9. The van der Waals surface area contributed by atoms with E-state index in [0.29, 0.717) is 30.7 Å². The molecule has 144 valence electrons. The summed E-state index contributed by atoms with van der Waals surface area (Å²) in [4.78, 5) is 27.3. The molecular weight excluding hydrogens is 364 g/mol. The van der Waals surface area contributed by atoms with E-state index in [1.54, 1.807) is 23.6 Å². The van der Waals surface area contributed by atoms with E-state index in [0.717, 1.165) is 21.9 Å². The molecule has 0 bridgehead atoms. The monoisotopic (exact) mass is 388 g/mol. The summed E-state index contributed by atoms with van der Waals surface area (Å²) in [5, 5.41) is 13.5. The molecule has 0 spiro atoms. The van der Waals surface area contributed by atoms with Gasteiger partial charge in [-0.25, -0.2) is 0 Å². The van der Waals surface area contributed by atoms with E-state index in [-0.39, 0.29) is 12.5 Å². The Morgan fingerprint density at radius 1 is 1.33 bits per heavy atom. The van der Waals surface area contributed by atoms with Gasteiger partial charge in [-0.05, 0) is 45.7 Å². The van der Waals surface area contributed by atoms with Crippen LogP contribution in [0.2, 0.25) is 0 Å². The predicted octanol–water partition coefficient (Wildman–Crippen LogP) is 3.91. The lowest BCUT2D eigenvalue weighted by atomic mass is 9.82. The molecule has 0 aliphatic carbocycles. The summed E-state index contributed by atoms with van der Waals surface area (Å²) < 4.78 is 5.21. The number of aromatic nitrogens is 1. The fraction of sp³-hybridized carbons (Fsp3) is 0.450. The van der Waals surface area contributed by atoms with E-state index < -0.39 is 11.4 Å². The Labute approximate surface area is 162 Å². The van der Waals surface area contributed by atoms with Crippen LogP contribution in [0.1, 0.15) is 47.1 Å². The van der Waals surface area contributed by atoms with Gasteiger partial charge in [0.15, 0.2) is 0 Å². The number of hydrogen-bond donors (Lipinski definition) is 1. The van der Waals surface area contributed by atoms with Crippen LogP contribution in [0.25, 0.3) is 0 Å². The predicted molar refractivity (Wildman–Crippen MR) is 103 cm³/mol. The number of thioether (sulfide) groups is 1. The lowest BCUT2D eigenvalue weighted by Gasteiger charge is -2.37. The van der Waals surface area contributed by atoms with Gasteiger partial charge in [-0.3, -0.25) is 9.59 Å². The third-order valence-electron chi connectivity index (χ3n) is 5.17. The zero-order chi connectivity index (χ0) is 19.6. The summed E-state index contributed by atoms with van der Waals surface area (Å²) in [7, 11) is 0. The number of carbonyl (C=O) groups is 2. The summed E-state index contributed by atoms with van der Waals surface area (Å²) in [6.45, 7) is 6.33. The van der Waals surface area contributed by atoms with Crippen molar-refractivity contribution >= 4 is 23.6 Å². The first-order valence-corrected chi connectivity index (χ1v) is 9.96. The molecule has 27 heavy (non-hydrogen) atoms. The van der Waals surface area contributed by atoms with Gasteiger partial charge in [-0.15, -0.1) is 11.8 Å². The zero-order valence-electron chi connectivity index (χ0n) is 15.8. The largest absolute Gasteiger partial charge is 0.481 e. The Hall–Kier alpha value is -2.28. The van der Waals surface area contributed by atoms with Crippen LogP contribution in [-0.4, -0.2) is 40.1 Å². The fourth-order valence-corrected chi connectivity index (χ4v) is 4.58. The molecule has 6 nitrogen and oxygen atoms in total. The van der Waals surface area contributed by atoms with Gasteiger partial charge in [0.1, 0.15) is 5.76 Å². The zero-order valence-corrected chi connectivity index (χ0v) is 16.6. The van der Waals surface area contributed by atoms with Gasteiger partial charge in [0.2, 0.25) is 0 Å². The first-order valence-electron chi connectivity index (χ1n) is 8.98. The summed E-state index contributed by atoms with van der Waals surface area (Å²) in [5.74, 6) is 0.500. The van der Waals surface area contributed by atoms with Crippen LogP contribution in [0.4, 0.5) is 0 Å². The fourth-order valence-electron chi connectivity index (χ4n) is 3.38. The molecule has 1 fully saturated rings. The molecule has 1 aliphatic rings. The van der Waals surface area contributed by atoms with E-state index in [1.165, 1.54) is 0 Å². The molecule has 1 saturated heterocycles. The van der Waals surface area contributed by atoms with Crippen LogP contribution in [-0.2, 0) is 10.5 Å². The van der Waals surface area contributed by atoms with Crippen molar-refractivity contribution in [2.45, 2.75) is 44.3 Å². The second-order valence-corrected chi connectivity index (χ2v) is 8.30. The second kappa shape index (κ2) is 7.76. The summed E-state index contributed by atoms with van der Waals surface area (Å²) >= 11 is 1.57. The van der Waals surface area contributed by atoms with Crippen LogP contribution in [0.3, 0.4) is 0 Å². The molecule has 1 aromatic heterocycles. The van der Waals surface area contributed by atoms with E-state index in [9.17, 15) is 14.7 Å². The number of carboxylic acids is 1. The van der Waals surface area contributed by atoms with Gasteiger partial charge < -0.3 is 14.5 Å².